The molecule has 1 N–H and O–H groups in total. The van der Waals surface area contributed by atoms with Gasteiger partial charge in [0.2, 0.25) is 0 Å². The number of hydrogen-bond acceptors (Lipinski definition) is 2. The summed E-state index contributed by atoms with van der Waals surface area (Å²) in [5, 5.41) is 9.94. The molecule has 0 unspecified atom stereocenters. The van der Waals surface area contributed by atoms with Crippen LogP contribution in [0.2, 0.25) is 0 Å². The molecule has 0 saturated heterocycles. The molecule has 0 aliphatic rings. The van der Waals surface area contributed by atoms with Gasteiger partial charge in [-0.1, -0.05) is 32.0 Å². The summed E-state index contributed by atoms with van der Waals surface area (Å²) in [6.07, 6.45) is 0. The zero-order chi connectivity index (χ0) is 8.69. The second-order valence-electron chi connectivity index (χ2n) is 1.86. The van der Waals surface area contributed by atoms with E-state index in [4.69, 9.17) is 5.21 Å². The van der Waals surface area contributed by atoms with Gasteiger partial charge in [0, 0.05) is 7.05 Å². The quantitative estimate of drug-likeness (QED) is 0.627. The van der Waals surface area contributed by atoms with Crippen molar-refractivity contribution in [2.24, 2.45) is 0 Å². The molecule has 0 bridgehead atoms. The maximum Gasteiger partial charge on any atom is 0.0630 e. The lowest BCUT2D eigenvalue weighted by Gasteiger charge is -2.08. The molecule has 0 amide bonds. The summed E-state index contributed by atoms with van der Waals surface area (Å²) >= 11 is 0. The molecule has 0 heterocycles. The Kier molecular flexibility index (Phi) is 5.21. The number of anilines is 1. The molecule has 0 spiro atoms. The Morgan fingerprint density at radius 3 is 1.82 bits per heavy atom. The lowest BCUT2D eigenvalue weighted by Crippen LogP contribution is -2.08. The molecule has 1 rings (SSSR count). The largest absolute Gasteiger partial charge is 0.289 e. The molecule has 62 valence electrons. The third-order valence-electron chi connectivity index (χ3n) is 1.13. The predicted molar refractivity (Wildman–Crippen MR) is 48.0 cm³/mol. The van der Waals surface area contributed by atoms with Crippen LogP contribution >= 0.6 is 0 Å². The van der Waals surface area contributed by atoms with Crippen LogP contribution in [0, 0.1) is 0 Å². The van der Waals surface area contributed by atoms with Gasteiger partial charge in [0.05, 0.1) is 5.69 Å². The summed E-state index contributed by atoms with van der Waals surface area (Å²) in [5.74, 6) is 0. The lowest BCUT2D eigenvalue weighted by atomic mass is 10.3. The van der Waals surface area contributed by atoms with Crippen molar-refractivity contribution in [3.63, 3.8) is 0 Å². The molecular formula is C9H15NO. The van der Waals surface area contributed by atoms with Crippen molar-refractivity contribution in [2.45, 2.75) is 13.8 Å². The van der Waals surface area contributed by atoms with Crippen molar-refractivity contribution in [1.82, 2.24) is 0 Å². The van der Waals surface area contributed by atoms with Crippen LogP contribution in [-0.2, 0) is 0 Å². The molecule has 0 fully saturated rings. The summed E-state index contributed by atoms with van der Waals surface area (Å²) in [6.45, 7) is 4.00. The first-order chi connectivity index (χ1) is 5.30. The molecule has 0 aliphatic carbocycles. The molecule has 0 atom stereocenters. The molecule has 1 aromatic rings. The number of nitrogens with zero attached hydrogens (tertiary/aromatic N) is 1. The number of benzene rings is 1. The Hall–Kier alpha value is -1.02. The van der Waals surface area contributed by atoms with Crippen LogP contribution in [0.5, 0.6) is 0 Å². The van der Waals surface area contributed by atoms with E-state index in [0.29, 0.717) is 0 Å². The SMILES string of the molecule is CC.CN(O)c1ccccc1. The van der Waals surface area contributed by atoms with Crippen molar-refractivity contribution in [3.8, 4) is 0 Å². The summed E-state index contributed by atoms with van der Waals surface area (Å²) in [4.78, 5) is 0. The molecule has 2 heteroatoms. The van der Waals surface area contributed by atoms with Gasteiger partial charge in [0.25, 0.3) is 0 Å². The lowest BCUT2D eigenvalue weighted by molar-refractivity contribution is 0.279. The van der Waals surface area contributed by atoms with Gasteiger partial charge in [-0.3, -0.25) is 10.3 Å². The zero-order valence-electron chi connectivity index (χ0n) is 7.28. The summed E-state index contributed by atoms with van der Waals surface area (Å²) in [5.41, 5.74) is 0.803. The van der Waals surface area contributed by atoms with E-state index >= 15 is 0 Å². The molecule has 0 radical (unpaired) electrons. The molecule has 0 aliphatic heterocycles. The summed E-state index contributed by atoms with van der Waals surface area (Å²) < 4.78 is 0. The Balaban J connectivity index is 0.000000461. The highest BCUT2D eigenvalue weighted by Gasteiger charge is 1.89. The molecule has 1 aromatic carbocycles. The van der Waals surface area contributed by atoms with Crippen LogP contribution in [-0.4, -0.2) is 12.3 Å². The third-order valence-corrected chi connectivity index (χ3v) is 1.13. The monoisotopic (exact) mass is 153 g/mol. The van der Waals surface area contributed by atoms with Gasteiger partial charge < -0.3 is 0 Å². The van der Waals surface area contributed by atoms with Gasteiger partial charge in [-0.25, -0.2) is 0 Å². The topological polar surface area (TPSA) is 23.5 Å². The van der Waals surface area contributed by atoms with Crippen molar-refractivity contribution in [3.05, 3.63) is 30.3 Å². The van der Waals surface area contributed by atoms with Crippen LogP contribution in [0.3, 0.4) is 0 Å². The van der Waals surface area contributed by atoms with Gasteiger partial charge in [0.15, 0.2) is 0 Å². The first kappa shape index (κ1) is 9.98. The Morgan fingerprint density at radius 2 is 1.55 bits per heavy atom. The van der Waals surface area contributed by atoms with Crippen LogP contribution in [0.25, 0.3) is 0 Å². The standard InChI is InChI=1S/C7H9NO.C2H6/c1-8(9)7-5-3-2-4-6-7;1-2/h2-6,9H,1H3;1-2H3. The molecule has 0 aromatic heterocycles. The fourth-order valence-corrected chi connectivity index (χ4v) is 0.644. The highest BCUT2D eigenvalue weighted by molar-refractivity contribution is 5.41. The highest BCUT2D eigenvalue weighted by atomic mass is 16.5. The molecule has 0 saturated carbocycles. The number of hydrogen-bond donors (Lipinski definition) is 1. The smallest absolute Gasteiger partial charge is 0.0630 e. The third kappa shape index (κ3) is 3.63. The van der Waals surface area contributed by atoms with Crippen molar-refractivity contribution in [2.75, 3.05) is 12.1 Å². The van der Waals surface area contributed by atoms with Crippen LogP contribution in [0.4, 0.5) is 5.69 Å². The summed E-state index contributed by atoms with van der Waals surface area (Å²) in [7, 11) is 1.59. The number of rotatable bonds is 1. The maximum absolute atomic E-state index is 8.86. The van der Waals surface area contributed by atoms with Gasteiger partial charge in [-0.2, -0.15) is 0 Å². The fourth-order valence-electron chi connectivity index (χ4n) is 0.644. The normalized spacial score (nSPS) is 8.00. The van der Waals surface area contributed by atoms with Crippen LogP contribution in [0.1, 0.15) is 13.8 Å². The number of hydroxylamine groups is 1. The molecule has 11 heavy (non-hydrogen) atoms. The minimum absolute atomic E-state index is 0.803. The Labute approximate surface area is 68.0 Å². The Morgan fingerprint density at radius 1 is 1.09 bits per heavy atom. The van der Waals surface area contributed by atoms with Gasteiger partial charge >= 0.3 is 0 Å². The van der Waals surface area contributed by atoms with E-state index in [1.807, 2.05) is 44.2 Å². The number of para-hydroxylation sites is 1. The van der Waals surface area contributed by atoms with Crippen LogP contribution in [0.15, 0.2) is 30.3 Å². The first-order valence-corrected chi connectivity index (χ1v) is 3.78. The molecule has 2 nitrogen and oxygen atoms in total. The second kappa shape index (κ2) is 5.74. The van der Waals surface area contributed by atoms with Crippen molar-refractivity contribution >= 4 is 5.69 Å². The summed E-state index contributed by atoms with van der Waals surface area (Å²) in [6, 6.07) is 9.33. The fraction of sp³-hybridized carbons (Fsp3) is 0.333. The minimum Gasteiger partial charge on any atom is -0.289 e. The predicted octanol–water partition coefficient (Wildman–Crippen LogP) is 2.54. The van der Waals surface area contributed by atoms with E-state index in [1.54, 1.807) is 7.05 Å². The minimum atomic E-state index is 0.803. The van der Waals surface area contributed by atoms with E-state index in [1.165, 1.54) is 0 Å². The van der Waals surface area contributed by atoms with E-state index in [2.05, 4.69) is 0 Å². The average molecular weight is 153 g/mol. The maximum atomic E-state index is 8.86. The van der Waals surface area contributed by atoms with Crippen molar-refractivity contribution < 1.29 is 5.21 Å². The van der Waals surface area contributed by atoms with E-state index < -0.39 is 0 Å². The Bertz CT molecular complexity index is 172. The molecular weight excluding hydrogens is 138 g/mol. The highest BCUT2D eigenvalue weighted by Crippen LogP contribution is 2.07. The van der Waals surface area contributed by atoms with Crippen molar-refractivity contribution in [1.29, 1.82) is 0 Å². The van der Waals surface area contributed by atoms with E-state index in [0.717, 1.165) is 10.8 Å². The van der Waals surface area contributed by atoms with E-state index in [9.17, 15) is 0 Å². The van der Waals surface area contributed by atoms with Gasteiger partial charge in [0.1, 0.15) is 0 Å². The average Bonchev–Trinajstić information content (AvgIpc) is 2.10. The van der Waals surface area contributed by atoms with Crippen LogP contribution < -0.4 is 5.06 Å². The van der Waals surface area contributed by atoms with Gasteiger partial charge in [-0.15, -0.1) is 0 Å². The first-order valence-electron chi connectivity index (χ1n) is 3.78. The van der Waals surface area contributed by atoms with E-state index in [-0.39, 0.29) is 0 Å². The van der Waals surface area contributed by atoms with Gasteiger partial charge in [-0.05, 0) is 12.1 Å². The second-order valence-corrected chi connectivity index (χ2v) is 1.86. The zero-order valence-corrected chi connectivity index (χ0v) is 7.28.